The molecule has 3 heterocycles. The maximum absolute atomic E-state index is 11.7. The number of fused-ring (bicyclic) bond motifs is 1. The van der Waals surface area contributed by atoms with Crippen LogP contribution in [0, 0.1) is 0 Å². The number of hydrogen-bond acceptors (Lipinski definition) is 4. The first-order valence-electron chi connectivity index (χ1n) is 7.87. The van der Waals surface area contributed by atoms with Gasteiger partial charge in [0.15, 0.2) is 0 Å². The molecule has 0 unspecified atom stereocenters. The molecule has 10 heteroatoms. The van der Waals surface area contributed by atoms with Crippen LogP contribution in [0.1, 0.15) is 24.8 Å². The predicted octanol–water partition coefficient (Wildman–Crippen LogP) is 1.25. The summed E-state index contributed by atoms with van der Waals surface area (Å²) >= 11 is 0. The number of carboxylic acid groups (broad SMARTS) is 1. The molecular formula is C15H21F3N4O3. The standard InChI is InChI=1S/C13H20N4O.C2HF3O2/c1-15-8-10(7-14-15)9-17-6-5-11-12(17)3-4-13(18)16(11)2;3-2(4,5)1(6)7/h7-8,11-12H,3-6,9H2,1-2H3;(H,6,7)/t11-,12-;/m1./s1. The molecular weight excluding hydrogens is 341 g/mol. The van der Waals surface area contributed by atoms with Crippen molar-refractivity contribution < 1.29 is 27.9 Å². The highest BCUT2D eigenvalue weighted by molar-refractivity contribution is 5.77. The zero-order valence-electron chi connectivity index (χ0n) is 14.0. The van der Waals surface area contributed by atoms with E-state index in [1.54, 1.807) is 0 Å². The highest BCUT2D eigenvalue weighted by atomic mass is 19.4. The van der Waals surface area contributed by atoms with Gasteiger partial charge in [-0.3, -0.25) is 14.4 Å². The lowest BCUT2D eigenvalue weighted by Gasteiger charge is -2.37. The van der Waals surface area contributed by atoms with Crippen molar-refractivity contribution in [3.63, 3.8) is 0 Å². The Hall–Kier alpha value is -2.10. The minimum absolute atomic E-state index is 0.305. The lowest BCUT2D eigenvalue weighted by molar-refractivity contribution is -0.192. The van der Waals surface area contributed by atoms with E-state index in [4.69, 9.17) is 9.90 Å². The number of rotatable bonds is 2. The largest absolute Gasteiger partial charge is 0.490 e. The number of halogens is 3. The number of nitrogens with zero attached hydrogens (tertiary/aromatic N) is 4. The maximum atomic E-state index is 11.7. The van der Waals surface area contributed by atoms with E-state index in [0.717, 1.165) is 25.9 Å². The molecule has 1 N–H and O–H groups in total. The van der Waals surface area contributed by atoms with Gasteiger partial charge in [0.2, 0.25) is 5.91 Å². The van der Waals surface area contributed by atoms with Gasteiger partial charge in [-0.15, -0.1) is 0 Å². The molecule has 0 aliphatic carbocycles. The zero-order chi connectivity index (χ0) is 18.8. The number of likely N-dealkylation sites (tertiary alicyclic amines) is 2. The third-order valence-corrected chi connectivity index (χ3v) is 4.56. The molecule has 7 nitrogen and oxygen atoms in total. The number of carboxylic acids is 1. The van der Waals surface area contributed by atoms with E-state index >= 15 is 0 Å². The van der Waals surface area contributed by atoms with Crippen LogP contribution in [-0.2, 0) is 23.2 Å². The van der Waals surface area contributed by atoms with E-state index in [-0.39, 0.29) is 0 Å². The average molecular weight is 362 g/mol. The summed E-state index contributed by atoms with van der Waals surface area (Å²) in [6.07, 6.45) is 1.73. The van der Waals surface area contributed by atoms with E-state index in [2.05, 4.69) is 16.2 Å². The molecule has 25 heavy (non-hydrogen) atoms. The van der Waals surface area contributed by atoms with Crippen molar-refractivity contribution >= 4 is 11.9 Å². The Kier molecular flexibility index (Phi) is 5.71. The zero-order valence-corrected chi connectivity index (χ0v) is 14.0. The fourth-order valence-corrected chi connectivity index (χ4v) is 3.34. The maximum Gasteiger partial charge on any atom is 0.490 e. The Morgan fingerprint density at radius 3 is 2.48 bits per heavy atom. The lowest BCUT2D eigenvalue weighted by Crippen LogP contribution is -2.50. The van der Waals surface area contributed by atoms with Crippen LogP contribution in [0.3, 0.4) is 0 Å². The van der Waals surface area contributed by atoms with E-state index in [1.165, 1.54) is 5.56 Å². The number of aryl methyl sites for hydroxylation is 1. The number of aromatic nitrogens is 2. The molecule has 140 valence electrons. The van der Waals surface area contributed by atoms with Crippen molar-refractivity contribution in [2.45, 2.75) is 44.1 Å². The third-order valence-electron chi connectivity index (χ3n) is 4.56. The van der Waals surface area contributed by atoms with Gasteiger partial charge in [-0.2, -0.15) is 18.3 Å². The van der Waals surface area contributed by atoms with Crippen LogP contribution in [0.2, 0.25) is 0 Å². The van der Waals surface area contributed by atoms with Gasteiger partial charge >= 0.3 is 12.1 Å². The fourth-order valence-electron chi connectivity index (χ4n) is 3.34. The number of piperidine rings is 1. The van der Waals surface area contributed by atoms with Gasteiger partial charge in [0.1, 0.15) is 0 Å². The van der Waals surface area contributed by atoms with Gasteiger partial charge in [0.05, 0.1) is 6.20 Å². The quantitative estimate of drug-likeness (QED) is 0.857. The van der Waals surface area contributed by atoms with Crippen molar-refractivity contribution in [2.24, 2.45) is 7.05 Å². The Labute approximate surface area is 143 Å². The summed E-state index contributed by atoms with van der Waals surface area (Å²) in [6.45, 7) is 2.04. The van der Waals surface area contributed by atoms with Crippen molar-refractivity contribution in [2.75, 3.05) is 13.6 Å². The molecule has 1 amide bonds. The first kappa shape index (κ1) is 19.2. The first-order valence-corrected chi connectivity index (χ1v) is 7.87. The SMILES string of the molecule is CN1C(=O)CC[C@@H]2[C@H]1CCN2Cc1cnn(C)c1.O=C(O)C(F)(F)F. The van der Waals surface area contributed by atoms with E-state index in [9.17, 15) is 18.0 Å². The summed E-state index contributed by atoms with van der Waals surface area (Å²) in [7, 11) is 3.90. The Morgan fingerprint density at radius 1 is 1.32 bits per heavy atom. The van der Waals surface area contributed by atoms with Gasteiger partial charge < -0.3 is 10.0 Å². The number of likely N-dealkylation sites (N-methyl/N-ethyl adjacent to an activating group) is 1. The molecule has 2 fully saturated rings. The molecule has 1 aromatic rings. The Balaban J connectivity index is 0.000000277. The smallest absolute Gasteiger partial charge is 0.475 e. The second kappa shape index (κ2) is 7.42. The van der Waals surface area contributed by atoms with Gasteiger partial charge in [0, 0.05) is 57.4 Å². The summed E-state index contributed by atoms with van der Waals surface area (Å²) in [5.74, 6) is -2.45. The molecule has 0 bridgehead atoms. The number of hydrogen-bond donors (Lipinski definition) is 1. The van der Waals surface area contributed by atoms with Crippen LogP contribution >= 0.6 is 0 Å². The van der Waals surface area contributed by atoms with E-state index in [0.29, 0.717) is 24.4 Å². The average Bonchev–Trinajstić information content (AvgIpc) is 3.10. The van der Waals surface area contributed by atoms with Crippen LogP contribution in [0.15, 0.2) is 12.4 Å². The van der Waals surface area contributed by atoms with Crippen molar-refractivity contribution in [3.05, 3.63) is 18.0 Å². The number of alkyl halides is 3. The monoisotopic (exact) mass is 362 g/mol. The van der Waals surface area contributed by atoms with Crippen LogP contribution < -0.4 is 0 Å². The highest BCUT2D eigenvalue weighted by Crippen LogP contribution is 2.31. The fraction of sp³-hybridized carbons (Fsp3) is 0.667. The molecule has 2 aliphatic rings. The highest BCUT2D eigenvalue weighted by Gasteiger charge is 2.41. The van der Waals surface area contributed by atoms with Crippen LogP contribution in [0.4, 0.5) is 13.2 Å². The van der Waals surface area contributed by atoms with Crippen molar-refractivity contribution in [3.8, 4) is 0 Å². The Bertz CT molecular complexity index is 632. The molecule has 0 radical (unpaired) electrons. The number of carbonyl (C=O) groups excluding carboxylic acids is 1. The number of carbonyl (C=O) groups is 2. The van der Waals surface area contributed by atoms with Gasteiger partial charge in [-0.05, 0) is 12.8 Å². The summed E-state index contributed by atoms with van der Waals surface area (Å²) in [5.41, 5.74) is 1.26. The van der Waals surface area contributed by atoms with Crippen molar-refractivity contribution in [1.29, 1.82) is 0 Å². The van der Waals surface area contributed by atoms with Gasteiger partial charge in [-0.25, -0.2) is 4.79 Å². The van der Waals surface area contributed by atoms with Crippen molar-refractivity contribution in [1.82, 2.24) is 19.6 Å². The predicted molar refractivity (Wildman–Crippen MR) is 81.5 cm³/mol. The molecule has 0 aromatic carbocycles. The Morgan fingerprint density at radius 2 is 1.96 bits per heavy atom. The van der Waals surface area contributed by atoms with Crippen LogP contribution in [0.25, 0.3) is 0 Å². The molecule has 0 spiro atoms. The van der Waals surface area contributed by atoms with Crippen LogP contribution in [-0.4, -0.2) is 68.4 Å². The third kappa shape index (κ3) is 4.71. The first-order chi connectivity index (χ1) is 11.6. The number of amides is 1. The second-order valence-electron chi connectivity index (χ2n) is 6.26. The molecule has 2 saturated heterocycles. The van der Waals surface area contributed by atoms with E-state index < -0.39 is 12.1 Å². The van der Waals surface area contributed by atoms with E-state index in [1.807, 2.05) is 29.9 Å². The molecule has 1 aromatic heterocycles. The normalized spacial score (nSPS) is 23.9. The van der Waals surface area contributed by atoms with Gasteiger partial charge in [0.25, 0.3) is 0 Å². The molecule has 2 aliphatic heterocycles. The summed E-state index contributed by atoms with van der Waals surface area (Å²) < 4.78 is 33.6. The number of aliphatic carboxylic acids is 1. The molecule has 0 saturated carbocycles. The minimum atomic E-state index is -5.08. The summed E-state index contributed by atoms with van der Waals surface area (Å²) in [6, 6.07) is 0.954. The van der Waals surface area contributed by atoms with Gasteiger partial charge in [-0.1, -0.05) is 0 Å². The lowest BCUT2D eigenvalue weighted by atomic mass is 9.97. The van der Waals surface area contributed by atoms with Crippen LogP contribution in [0.5, 0.6) is 0 Å². The molecule has 3 rings (SSSR count). The topological polar surface area (TPSA) is 78.7 Å². The summed E-state index contributed by atoms with van der Waals surface area (Å²) in [5, 5.41) is 11.3. The minimum Gasteiger partial charge on any atom is -0.475 e. The second-order valence-corrected chi connectivity index (χ2v) is 6.26. The molecule has 2 atom stereocenters. The summed E-state index contributed by atoms with van der Waals surface area (Å²) in [4.78, 5) is 25.1.